The van der Waals surface area contributed by atoms with Gasteiger partial charge in [-0.25, -0.2) is 0 Å². The normalized spacial score (nSPS) is 12.0. The summed E-state index contributed by atoms with van der Waals surface area (Å²) < 4.78 is 0. The van der Waals surface area contributed by atoms with E-state index in [1.165, 1.54) is 11.1 Å². The molecule has 0 radical (unpaired) electrons. The van der Waals surface area contributed by atoms with E-state index >= 15 is 0 Å². The summed E-state index contributed by atoms with van der Waals surface area (Å²) in [7, 11) is 4.25. The summed E-state index contributed by atoms with van der Waals surface area (Å²) in [5.41, 5.74) is 2.51. The van der Waals surface area contributed by atoms with Crippen molar-refractivity contribution in [2.45, 2.75) is 0 Å². The van der Waals surface area contributed by atoms with E-state index < -0.39 is 0 Å². The molecule has 0 aliphatic heterocycles. The molecule has 2 nitrogen and oxygen atoms in total. The minimum Gasteiger partial charge on any atom is -0.308 e. The number of benzene rings is 2. The van der Waals surface area contributed by atoms with Crippen LogP contribution in [-0.2, 0) is 0 Å². The van der Waals surface area contributed by atoms with E-state index in [1.54, 1.807) is 0 Å². The zero-order valence-corrected chi connectivity index (χ0v) is 14.8. The molecule has 0 aromatic heterocycles. The molecular formula is C22H28N2. The summed E-state index contributed by atoms with van der Waals surface area (Å²) in [6, 6.07) is 20.9. The van der Waals surface area contributed by atoms with Gasteiger partial charge in [-0.3, -0.25) is 4.90 Å². The Morgan fingerprint density at radius 2 is 1.12 bits per heavy atom. The van der Waals surface area contributed by atoms with Crippen LogP contribution in [0.25, 0.3) is 12.2 Å². The Kier molecular flexibility index (Phi) is 8.02. The van der Waals surface area contributed by atoms with Crippen LogP contribution in [0, 0.1) is 0 Å². The van der Waals surface area contributed by atoms with Crippen molar-refractivity contribution in [3.05, 3.63) is 83.9 Å². The van der Waals surface area contributed by atoms with Gasteiger partial charge in [0.15, 0.2) is 0 Å². The van der Waals surface area contributed by atoms with Gasteiger partial charge in [0.2, 0.25) is 0 Å². The summed E-state index contributed by atoms with van der Waals surface area (Å²) in [4.78, 5) is 4.69. The lowest BCUT2D eigenvalue weighted by Crippen LogP contribution is -2.32. The molecule has 0 aliphatic rings. The monoisotopic (exact) mass is 320 g/mol. The maximum atomic E-state index is 2.46. The Labute approximate surface area is 146 Å². The van der Waals surface area contributed by atoms with Gasteiger partial charge in [0.05, 0.1) is 0 Å². The third-order valence-corrected chi connectivity index (χ3v) is 3.81. The van der Waals surface area contributed by atoms with E-state index in [-0.39, 0.29) is 0 Å². The van der Waals surface area contributed by atoms with Crippen LogP contribution in [0.3, 0.4) is 0 Å². The van der Waals surface area contributed by atoms with Crippen LogP contribution in [0.1, 0.15) is 11.1 Å². The Bertz CT molecular complexity index is 563. The van der Waals surface area contributed by atoms with Gasteiger partial charge in [-0.05, 0) is 25.2 Å². The van der Waals surface area contributed by atoms with Crippen LogP contribution < -0.4 is 0 Å². The van der Waals surface area contributed by atoms with Gasteiger partial charge >= 0.3 is 0 Å². The SMILES string of the molecule is CN(C)CCN(C/C=C/c1ccccc1)C/C=C/c1ccccc1. The van der Waals surface area contributed by atoms with Crippen molar-refractivity contribution in [2.24, 2.45) is 0 Å². The summed E-state index contributed by atoms with van der Waals surface area (Å²) in [6.45, 7) is 4.05. The number of likely N-dealkylation sites (N-methyl/N-ethyl adjacent to an activating group) is 1. The lowest BCUT2D eigenvalue weighted by Gasteiger charge is -2.21. The molecule has 0 amide bonds. The van der Waals surface area contributed by atoms with E-state index in [0.717, 1.165) is 26.2 Å². The zero-order valence-electron chi connectivity index (χ0n) is 14.8. The second-order valence-corrected chi connectivity index (χ2v) is 6.19. The summed E-state index contributed by atoms with van der Waals surface area (Å²) in [5.74, 6) is 0. The highest BCUT2D eigenvalue weighted by Crippen LogP contribution is 2.03. The summed E-state index contributed by atoms with van der Waals surface area (Å²) >= 11 is 0. The molecule has 24 heavy (non-hydrogen) atoms. The van der Waals surface area contributed by atoms with Gasteiger partial charge in [0.25, 0.3) is 0 Å². The van der Waals surface area contributed by atoms with Crippen LogP contribution >= 0.6 is 0 Å². The van der Waals surface area contributed by atoms with Gasteiger partial charge < -0.3 is 4.90 Å². The molecule has 0 unspecified atom stereocenters. The smallest absolute Gasteiger partial charge is 0.0170 e. The molecule has 0 fully saturated rings. The minimum atomic E-state index is 0.960. The fourth-order valence-corrected chi connectivity index (χ4v) is 2.40. The third-order valence-electron chi connectivity index (χ3n) is 3.81. The molecule has 0 saturated heterocycles. The minimum absolute atomic E-state index is 0.960. The van der Waals surface area contributed by atoms with E-state index in [9.17, 15) is 0 Å². The summed E-state index contributed by atoms with van der Waals surface area (Å²) in [5, 5.41) is 0. The standard InChI is InChI=1S/C22H28N2/c1-23(2)19-20-24(17-9-15-21-11-5-3-6-12-21)18-10-16-22-13-7-4-8-14-22/h3-16H,17-20H2,1-2H3/b15-9+,16-10+. The van der Waals surface area contributed by atoms with E-state index in [4.69, 9.17) is 0 Å². The molecule has 126 valence electrons. The topological polar surface area (TPSA) is 6.48 Å². The molecule has 2 aromatic rings. The van der Waals surface area contributed by atoms with E-state index in [1.807, 2.05) is 0 Å². The van der Waals surface area contributed by atoms with Crippen molar-refractivity contribution in [3.63, 3.8) is 0 Å². The van der Waals surface area contributed by atoms with Crippen molar-refractivity contribution in [1.29, 1.82) is 0 Å². The van der Waals surface area contributed by atoms with Gasteiger partial charge in [-0.1, -0.05) is 85.0 Å². The van der Waals surface area contributed by atoms with Crippen molar-refractivity contribution in [3.8, 4) is 0 Å². The first-order chi connectivity index (χ1) is 11.7. The second-order valence-electron chi connectivity index (χ2n) is 6.19. The molecule has 0 atom stereocenters. The predicted octanol–water partition coefficient (Wildman–Crippen LogP) is 4.28. The molecule has 0 saturated carbocycles. The lowest BCUT2D eigenvalue weighted by molar-refractivity contribution is 0.282. The zero-order chi connectivity index (χ0) is 17.0. The molecule has 0 N–H and O–H groups in total. The van der Waals surface area contributed by atoms with Crippen molar-refractivity contribution in [2.75, 3.05) is 40.3 Å². The van der Waals surface area contributed by atoms with Gasteiger partial charge in [-0.15, -0.1) is 0 Å². The highest BCUT2D eigenvalue weighted by atomic mass is 15.2. The Morgan fingerprint density at radius 3 is 1.54 bits per heavy atom. The maximum Gasteiger partial charge on any atom is 0.0170 e. The molecule has 0 heterocycles. The van der Waals surface area contributed by atoms with Gasteiger partial charge in [-0.2, -0.15) is 0 Å². The molecule has 2 heteroatoms. The highest BCUT2D eigenvalue weighted by molar-refractivity contribution is 5.49. The van der Waals surface area contributed by atoms with E-state index in [2.05, 4.69) is 109 Å². The third kappa shape index (κ3) is 7.40. The molecular weight excluding hydrogens is 292 g/mol. The number of hydrogen-bond acceptors (Lipinski definition) is 2. The number of hydrogen-bond donors (Lipinski definition) is 0. The predicted molar refractivity (Wildman–Crippen MR) is 106 cm³/mol. The first-order valence-corrected chi connectivity index (χ1v) is 8.54. The van der Waals surface area contributed by atoms with Crippen LogP contribution in [0.2, 0.25) is 0 Å². The van der Waals surface area contributed by atoms with E-state index in [0.29, 0.717) is 0 Å². The van der Waals surface area contributed by atoms with Crippen LogP contribution in [0.4, 0.5) is 0 Å². The van der Waals surface area contributed by atoms with Crippen molar-refractivity contribution >= 4 is 12.2 Å². The van der Waals surface area contributed by atoms with Gasteiger partial charge in [0, 0.05) is 26.2 Å². The largest absolute Gasteiger partial charge is 0.308 e. The Balaban J connectivity index is 1.88. The Hall–Kier alpha value is -2.16. The fourth-order valence-electron chi connectivity index (χ4n) is 2.40. The average molecular weight is 320 g/mol. The highest BCUT2D eigenvalue weighted by Gasteiger charge is 2.01. The molecule has 0 aliphatic carbocycles. The average Bonchev–Trinajstić information content (AvgIpc) is 2.61. The Morgan fingerprint density at radius 1 is 0.667 bits per heavy atom. The second kappa shape index (κ2) is 10.6. The molecule has 0 bridgehead atoms. The fraction of sp³-hybridized carbons (Fsp3) is 0.273. The van der Waals surface area contributed by atoms with Crippen LogP contribution in [0.5, 0.6) is 0 Å². The van der Waals surface area contributed by atoms with Crippen molar-refractivity contribution in [1.82, 2.24) is 9.80 Å². The lowest BCUT2D eigenvalue weighted by atomic mass is 10.2. The summed E-state index contributed by atoms with van der Waals surface area (Å²) in [6.07, 6.45) is 8.90. The quantitative estimate of drug-likeness (QED) is 0.680. The van der Waals surface area contributed by atoms with Crippen LogP contribution in [0.15, 0.2) is 72.8 Å². The molecule has 2 aromatic carbocycles. The van der Waals surface area contributed by atoms with Crippen molar-refractivity contribution < 1.29 is 0 Å². The first kappa shape index (κ1) is 18.2. The first-order valence-electron chi connectivity index (χ1n) is 8.54. The molecule has 2 rings (SSSR count). The molecule has 0 spiro atoms. The number of rotatable bonds is 9. The number of nitrogens with zero attached hydrogens (tertiary/aromatic N) is 2. The van der Waals surface area contributed by atoms with Crippen LogP contribution in [-0.4, -0.2) is 50.1 Å². The maximum absolute atomic E-state index is 2.46. The van der Waals surface area contributed by atoms with Gasteiger partial charge in [0.1, 0.15) is 0 Å².